The first kappa shape index (κ1) is 18.7. The monoisotopic (exact) mass is 325 g/mol. The van der Waals surface area contributed by atoms with Crippen molar-refractivity contribution in [1.29, 1.82) is 0 Å². The Kier molecular flexibility index (Phi) is 7.87. The summed E-state index contributed by atoms with van der Waals surface area (Å²) in [4.78, 5) is 21.6. The topological polar surface area (TPSA) is 98.9 Å². The highest BCUT2D eigenvalue weighted by atomic mass is 16.6. The Morgan fingerprint density at radius 3 is 2.39 bits per heavy atom. The molecule has 0 fully saturated rings. The number of rotatable bonds is 11. The van der Waals surface area contributed by atoms with Crippen molar-refractivity contribution in [2.45, 2.75) is 45.4 Å². The van der Waals surface area contributed by atoms with Gasteiger partial charge in [0.2, 0.25) is 5.75 Å². The summed E-state index contributed by atoms with van der Waals surface area (Å²) in [6.45, 7) is 2.50. The van der Waals surface area contributed by atoms with E-state index in [-0.39, 0.29) is 22.7 Å². The zero-order valence-electron chi connectivity index (χ0n) is 13.5. The minimum atomic E-state index is -1.28. The van der Waals surface area contributed by atoms with E-state index in [0.29, 0.717) is 6.61 Å². The maximum absolute atomic E-state index is 11.1. The van der Waals surface area contributed by atoms with Crippen LogP contribution in [0.1, 0.15) is 55.8 Å². The van der Waals surface area contributed by atoms with E-state index in [2.05, 4.69) is 6.92 Å². The average Bonchev–Trinajstić information content (AvgIpc) is 2.52. The molecule has 7 nitrogen and oxygen atoms in total. The molecule has 0 amide bonds. The van der Waals surface area contributed by atoms with Gasteiger partial charge in [-0.25, -0.2) is 4.79 Å². The highest BCUT2D eigenvalue weighted by Crippen LogP contribution is 2.34. The minimum Gasteiger partial charge on any atom is -0.496 e. The van der Waals surface area contributed by atoms with Crippen LogP contribution in [0.15, 0.2) is 12.1 Å². The Balaban J connectivity index is 2.73. The number of carboxylic acids is 1. The molecule has 0 atom stereocenters. The molecule has 1 N–H and O–H groups in total. The van der Waals surface area contributed by atoms with Crippen LogP contribution in [-0.4, -0.2) is 29.7 Å². The van der Waals surface area contributed by atoms with Crippen molar-refractivity contribution in [2.24, 2.45) is 0 Å². The number of nitrogens with zero attached hydrogens (tertiary/aromatic N) is 1. The van der Waals surface area contributed by atoms with Crippen LogP contribution in [0.2, 0.25) is 0 Å². The Morgan fingerprint density at radius 1 is 1.17 bits per heavy atom. The molecule has 0 aliphatic heterocycles. The number of benzene rings is 1. The smallest absolute Gasteiger partial charge is 0.339 e. The van der Waals surface area contributed by atoms with Gasteiger partial charge in [0.1, 0.15) is 11.3 Å². The Morgan fingerprint density at radius 2 is 1.83 bits per heavy atom. The standard InChI is InChI=1S/C16H23NO6/c1-3-4-5-6-7-8-9-23-15-11-14(22-2)12(16(18)19)10-13(15)17(20)21/h10-11H,3-9H2,1-2H3,(H,18,19). The molecular weight excluding hydrogens is 302 g/mol. The number of ether oxygens (including phenoxy) is 2. The number of carbonyl (C=O) groups is 1. The summed E-state index contributed by atoms with van der Waals surface area (Å²) in [6, 6.07) is 2.23. The van der Waals surface area contributed by atoms with Crippen LogP contribution in [-0.2, 0) is 0 Å². The predicted octanol–water partition coefficient (Wildman–Crippen LogP) is 4.04. The highest BCUT2D eigenvalue weighted by molar-refractivity contribution is 5.92. The van der Waals surface area contributed by atoms with E-state index in [0.717, 1.165) is 25.3 Å². The maximum Gasteiger partial charge on any atom is 0.339 e. The minimum absolute atomic E-state index is 0.0328. The molecule has 0 saturated heterocycles. The zero-order valence-corrected chi connectivity index (χ0v) is 13.5. The summed E-state index contributed by atoms with van der Waals surface area (Å²) >= 11 is 0. The van der Waals surface area contributed by atoms with E-state index in [1.807, 2.05) is 0 Å². The van der Waals surface area contributed by atoms with E-state index < -0.39 is 10.9 Å². The number of nitro groups is 1. The number of aromatic carboxylic acids is 1. The third-order valence-corrected chi connectivity index (χ3v) is 3.46. The van der Waals surface area contributed by atoms with Gasteiger partial charge in [0, 0.05) is 12.1 Å². The lowest BCUT2D eigenvalue weighted by Gasteiger charge is -2.10. The fourth-order valence-corrected chi connectivity index (χ4v) is 2.21. The van der Waals surface area contributed by atoms with Gasteiger partial charge in [-0.2, -0.15) is 0 Å². The molecule has 0 bridgehead atoms. The number of hydrogen-bond acceptors (Lipinski definition) is 5. The normalized spacial score (nSPS) is 10.3. The van der Waals surface area contributed by atoms with E-state index in [1.165, 1.54) is 32.4 Å². The molecule has 128 valence electrons. The summed E-state index contributed by atoms with van der Waals surface area (Å²) < 4.78 is 10.4. The van der Waals surface area contributed by atoms with E-state index in [1.54, 1.807) is 0 Å². The number of methoxy groups -OCH3 is 1. The first-order valence-electron chi connectivity index (χ1n) is 7.73. The van der Waals surface area contributed by atoms with Gasteiger partial charge in [-0.15, -0.1) is 0 Å². The molecule has 0 heterocycles. The molecule has 0 aliphatic rings. The molecule has 1 aromatic carbocycles. The van der Waals surface area contributed by atoms with Crippen LogP contribution in [0.25, 0.3) is 0 Å². The van der Waals surface area contributed by atoms with E-state index >= 15 is 0 Å². The molecule has 0 saturated carbocycles. The van der Waals surface area contributed by atoms with Gasteiger partial charge in [-0.3, -0.25) is 10.1 Å². The fraction of sp³-hybridized carbons (Fsp3) is 0.562. The van der Waals surface area contributed by atoms with Gasteiger partial charge in [0.15, 0.2) is 0 Å². The van der Waals surface area contributed by atoms with Crippen LogP contribution < -0.4 is 9.47 Å². The molecule has 0 radical (unpaired) electrons. The SMILES string of the molecule is CCCCCCCCOc1cc(OC)c(C(=O)O)cc1[N+](=O)[O-]. The summed E-state index contributed by atoms with van der Waals surface area (Å²) in [7, 11) is 1.31. The Labute approximate surface area is 135 Å². The molecule has 0 unspecified atom stereocenters. The molecule has 0 aromatic heterocycles. The van der Waals surface area contributed by atoms with Crippen molar-refractivity contribution >= 4 is 11.7 Å². The second kappa shape index (κ2) is 9.66. The number of unbranched alkanes of at least 4 members (excludes halogenated alkanes) is 5. The molecule has 1 aromatic rings. The van der Waals surface area contributed by atoms with Crippen LogP contribution in [0.3, 0.4) is 0 Å². The molecular formula is C16H23NO6. The van der Waals surface area contributed by atoms with Gasteiger partial charge >= 0.3 is 11.7 Å². The van der Waals surface area contributed by atoms with E-state index in [9.17, 15) is 14.9 Å². The van der Waals surface area contributed by atoms with Crippen molar-refractivity contribution in [3.8, 4) is 11.5 Å². The summed E-state index contributed by atoms with van der Waals surface area (Å²) in [5.74, 6) is -1.21. The lowest BCUT2D eigenvalue weighted by Crippen LogP contribution is -2.05. The first-order chi connectivity index (χ1) is 11.0. The number of nitro benzene ring substituents is 1. The van der Waals surface area contributed by atoms with Gasteiger partial charge < -0.3 is 14.6 Å². The van der Waals surface area contributed by atoms with Gasteiger partial charge in [-0.05, 0) is 6.42 Å². The lowest BCUT2D eigenvalue weighted by molar-refractivity contribution is -0.385. The second-order valence-corrected chi connectivity index (χ2v) is 5.20. The van der Waals surface area contributed by atoms with Gasteiger partial charge in [-0.1, -0.05) is 39.0 Å². The van der Waals surface area contributed by atoms with Crippen LogP contribution in [0, 0.1) is 10.1 Å². The molecule has 7 heteroatoms. The number of hydrogen-bond donors (Lipinski definition) is 1. The Hall–Kier alpha value is -2.31. The highest BCUT2D eigenvalue weighted by Gasteiger charge is 2.23. The van der Waals surface area contributed by atoms with Gasteiger partial charge in [0.05, 0.1) is 18.6 Å². The van der Waals surface area contributed by atoms with Crippen LogP contribution in [0.5, 0.6) is 11.5 Å². The molecule has 0 spiro atoms. The van der Waals surface area contributed by atoms with Crippen molar-refractivity contribution in [3.63, 3.8) is 0 Å². The zero-order chi connectivity index (χ0) is 17.2. The Bertz CT molecular complexity index is 544. The van der Waals surface area contributed by atoms with Gasteiger partial charge in [0.25, 0.3) is 0 Å². The second-order valence-electron chi connectivity index (χ2n) is 5.20. The lowest BCUT2D eigenvalue weighted by atomic mass is 10.1. The first-order valence-corrected chi connectivity index (χ1v) is 7.73. The largest absolute Gasteiger partial charge is 0.496 e. The van der Waals surface area contributed by atoms with Crippen molar-refractivity contribution in [3.05, 3.63) is 27.8 Å². The third-order valence-electron chi connectivity index (χ3n) is 3.46. The predicted molar refractivity (Wildman–Crippen MR) is 85.5 cm³/mol. The van der Waals surface area contributed by atoms with E-state index in [4.69, 9.17) is 14.6 Å². The molecule has 1 rings (SSSR count). The molecule has 23 heavy (non-hydrogen) atoms. The third kappa shape index (κ3) is 5.77. The summed E-state index contributed by atoms with van der Waals surface area (Å²) in [5.41, 5.74) is -0.625. The van der Waals surface area contributed by atoms with Crippen molar-refractivity contribution < 1.29 is 24.3 Å². The fourth-order valence-electron chi connectivity index (χ4n) is 2.21. The maximum atomic E-state index is 11.1. The van der Waals surface area contributed by atoms with Crippen molar-refractivity contribution in [1.82, 2.24) is 0 Å². The molecule has 0 aliphatic carbocycles. The average molecular weight is 325 g/mol. The van der Waals surface area contributed by atoms with Crippen LogP contribution >= 0.6 is 0 Å². The summed E-state index contributed by atoms with van der Waals surface area (Å²) in [6.07, 6.45) is 6.47. The quantitative estimate of drug-likeness (QED) is 0.374. The number of carboxylic acid groups (broad SMARTS) is 1. The van der Waals surface area contributed by atoms with Crippen molar-refractivity contribution in [2.75, 3.05) is 13.7 Å². The summed E-state index contributed by atoms with van der Waals surface area (Å²) in [5, 5.41) is 20.2. The van der Waals surface area contributed by atoms with Crippen LogP contribution in [0.4, 0.5) is 5.69 Å².